The molecular weight excluding hydrogens is 371 g/mol. The van der Waals surface area contributed by atoms with Gasteiger partial charge in [-0.15, -0.1) is 0 Å². The smallest absolute Gasteiger partial charge is 0.215 e. The molecule has 5 rings (SSSR count). The zero-order chi connectivity index (χ0) is 20.0. The second-order valence-electron chi connectivity index (χ2n) is 9.35. The Morgan fingerprint density at radius 3 is 3.04 bits per heavy atom. The van der Waals surface area contributed by atoms with E-state index in [0.717, 1.165) is 75.3 Å². The molecule has 0 bridgehead atoms. The molecule has 2 saturated heterocycles. The summed E-state index contributed by atoms with van der Waals surface area (Å²) in [5.41, 5.74) is 2.51. The zero-order valence-electron chi connectivity index (χ0n) is 17.6. The van der Waals surface area contributed by atoms with Crippen LogP contribution in [-0.4, -0.2) is 36.8 Å². The first-order valence-electron chi connectivity index (χ1n) is 11.3. The molecule has 2 aliphatic carbocycles. The minimum absolute atomic E-state index is 0.0619. The van der Waals surface area contributed by atoms with Crippen LogP contribution in [0, 0.1) is 11.8 Å². The molecule has 28 heavy (non-hydrogen) atoms. The van der Waals surface area contributed by atoms with Gasteiger partial charge in [0.2, 0.25) is 1.43 Å². The van der Waals surface area contributed by atoms with Crippen molar-refractivity contribution in [1.82, 2.24) is 0 Å². The van der Waals surface area contributed by atoms with Crippen LogP contribution in [0.1, 0.15) is 74.8 Å². The Morgan fingerprint density at radius 1 is 1.32 bits per heavy atom. The van der Waals surface area contributed by atoms with E-state index in [2.05, 4.69) is 25.1 Å². The molecule has 1 N–H and O–H groups in total. The number of rotatable bonds is 4. The summed E-state index contributed by atoms with van der Waals surface area (Å²) in [6.45, 7) is 3.11. The minimum Gasteiger partial charge on any atom is -0.465 e. The van der Waals surface area contributed by atoms with Crippen LogP contribution in [0.4, 0.5) is 0 Å². The number of hydrogen-bond donors (Lipinski definition) is 1. The Hall–Kier alpha value is -0.960. The maximum atomic E-state index is 12.1. The third-order valence-corrected chi connectivity index (χ3v) is 10.3. The van der Waals surface area contributed by atoms with E-state index in [1.165, 1.54) is 5.56 Å². The van der Waals surface area contributed by atoms with E-state index in [1.54, 1.807) is 0 Å². The molecule has 2 heterocycles. The molecule has 1 saturated carbocycles. The van der Waals surface area contributed by atoms with E-state index < -0.39 is 8.15 Å². The fourth-order valence-corrected chi connectivity index (χ4v) is 8.53. The molecule has 5 heteroatoms. The molecule has 0 amide bonds. The molecule has 152 valence electrons. The van der Waals surface area contributed by atoms with E-state index in [4.69, 9.17) is 15.8 Å². The summed E-state index contributed by atoms with van der Waals surface area (Å²) >= 11 is 0. The number of carbonyl (C=O) groups is 1. The van der Waals surface area contributed by atoms with Crippen molar-refractivity contribution in [3.05, 3.63) is 29.3 Å². The maximum absolute atomic E-state index is 12.1. The highest BCUT2D eigenvalue weighted by molar-refractivity contribution is 7.53. The Bertz CT molecular complexity index is 767. The monoisotopic (exact) mass is 404 g/mol. The van der Waals surface area contributed by atoms with Gasteiger partial charge in [0.05, 0.1) is 6.61 Å². The molecule has 7 atom stereocenters. The molecule has 0 aromatic heterocycles. The Kier molecular flexibility index (Phi) is 4.71. The summed E-state index contributed by atoms with van der Waals surface area (Å²) in [6, 6.07) is 6.39. The average Bonchev–Trinajstić information content (AvgIpc) is 3.10. The summed E-state index contributed by atoms with van der Waals surface area (Å²) in [5, 5.41) is 0.143. The van der Waals surface area contributed by atoms with Crippen molar-refractivity contribution in [3.63, 3.8) is 0 Å². The summed E-state index contributed by atoms with van der Waals surface area (Å²) in [4.78, 5) is 17.3. The molecule has 1 aromatic rings. The molecule has 4 nitrogen and oxygen atoms in total. The summed E-state index contributed by atoms with van der Waals surface area (Å²) in [7, 11) is -0.671. The fraction of sp³-hybridized carbons (Fsp3) is 0.696. The fourth-order valence-electron chi connectivity index (χ4n) is 6.44. The predicted octanol–water partition coefficient (Wildman–Crippen LogP) is 4.94. The number of ether oxygens (including phenoxy) is 2. The molecular formula is C23H31O4P. The lowest BCUT2D eigenvalue weighted by molar-refractivity contribution is -0.110. The van der Waals surface area contributed by atoms with E-state index in [9.17, 15) is 4.79 Å². The predicted molar refractivity (Wildman–Crippen MR) is 110 cm³/mol. The summed E-state index contributed by atoms with van der Waals surface area (Å²) < 4.78 is 19.4. The van der Waals surface area contributed by atoms with Crippen LogP contribution in [0.2, 0.25) is 0 Å². The van der Waals surface area contributed by atoms with Gasteiger partial charge in [-0.25, -0.2) is 0 Å². The Morgan fingerprint density at radius 2 is 2.25 bits per heavy atom. The lowest BCUT2D eigenvalue weighted by Gasteiger charge is -2.50. The average molecular weight is 404 g/mol. The Balaban J connectivity index is 1.42. The van der Waals surface area contributed by atoms with Crippen molar-refractivity contribution in [2.75, 3.05) is 12.8 Å². The van der Waals surface area contributed by atoms with Gasteiger partial charge in [0, 0.05) is 25.6 Å². The maximum Gasteiger partial charge on any atom is 0.215 e. The minimum atomic E-state index is -0.671. The van der Waals surface area contributed by atoms with Gasteiger partial charge in [0.15, 0.2) is 6.29 Å². The van der Waals surface area contributed by atoms with Crippen molar-refractivity contribution >= 4 is 14.4 Å². The van der Waals surface area contributed by atoms with Gasteiger partial charge in [-0.05, 0) is 85.7 Å². The van der Waals surface area contributed by atoms with Crippen molar-refractivity contribution < 1.29 is 19.2 Å². The van der Waals surface area contributed by atoms with Crippen LogP contribution in [0.5, 0.6) is 5.75 Å². The number of carbonyl (C=O) groups excluding carboxylic acids is 1. The topological polar surface area (TPSA) is 55.8 Å². The third-order valence-electron chi connectivity index (χ3n) is 7.96. The molecule has 0 spiro atoms. The first-order valence-corrected chi connectivity index (χ1v) is 12.4. The van der Waals surface area contributed by atoms with Gasteiger partial charge in [-0.3, -0.25) is 0 Å². The number of benzene rings is 1. The van der Waals surface area contributed by atoms with Crippen molar-refractivity contribution in [2.24, 2.45) is 11.8 Å². The van der Waals surface area contributed by atoms with Gasteiger partial charge in [0.1, 0.15) is 12.0 Å². The standard InChI is InChI=1S/C23H31O4P/c1-23-9-7-18-17-6-5-16(27-22-4-2-3-10-26-22)13-19(17)15(14-24)12-20(18)21(23)8-11-28(23)25/h5-6,13-15,18,20-22,25H,2-4,7-12H2,1H3/t15?,18?,20?,21?,22?,23-,28?/m0/s1/i25T. The van der Waals surface area contributed by atoms with Gasteiger partial charge < -0.3 is 19.2 Å². The van der Waals surface area contributed by atoms with Crippen LogP contribution in [-0.2, 0) is 9.53 Å². The zero-order valence-corrected chi connectivity index (χ0v) is 17.5. The molecule has 2 aliphatic heterocycles. The van der Waals surface area contributed by atoms with Gasteiger partial charge >= 0.3 is 0 Å². The van der Waals surface area contributed by atoms with Crippen LogP contribution in [0.15, 0.2) is 18.2 Å². The van der Waals surface area contributed by atoms with Crippen molar-refractivity contribution in [1.29, 1.82) is 1.43 Å². The van der Waals surface area contributed by atoms with E-state index in [-0.39, 0.29) is 17.4 Å². The molecule has 0 radical (unpaired) electrons. The van der Waals surface area contributed by atoms with Crippen LogP contribution in [0.3, 0.4) is 0 Å². The summed E-state index contributed by atoms with van der Waals surface area (Å²) in [6.07, 6.45) is 9.51. The lowest BCUT2D eigenvalue weighted by atomic mass is 9.57. The van der Waals surface area contributed by atoms with Crippen molar-refractivity contribution in [3.8, 4) is 5.75 Å². The number of aldehydes is 1. The first kappa shape index (κ1) is 17.9. The molecule has 4 aliphatic rings. The van der Waals surface area contributed by atoms with E-state index in [1.807, 2.05) is 0 Å². The summed E-state index contributed by atoms with van der Waals surface area (Å²) in [5.74, 6) is 2.37. The van der Waals surface area contributed by atoms with Gasteiger partial charge in [-0.2, -0.15) is 0 Å². The molecule has 1 aromatic carbocycles. The number of hydrogen-bond acceptors (Lipinski definition) is 4. The van der Waals surface area contributed by atoms with Crippen molar-refractivity contribution in [2.45, 2.75) is 75.2 Å². The molecule has 3 fully saturated rings. The van der Waals surface area contributed by atoms with Gasteiger partial charge in [-0.1, -0.05) is 13.0 Å². The van der Waals surface area contributed by atoms with E-state index >= 15 is 0 Å². The largest absolute Gasteiger partial charge is 0.465 e. The van der Waals surface area contributed by atoms with Crippen LogP contribution < -0.4 is 4.74 Å². The van der Waals surface area contributed by atoms with Crippen LogP contribution >= 0.6 is 8.15 Å². The second kappa shape index (κ2) is 7.38. The number of fused-ring (bicyclic) bond motifs is 5. The Labute approximate surface area is 170 Å². The highest BCUT2D eigenvalue weighted by atomic mass is 31.1. The quantitative estimate of drug-likeness (QED) is 0.571. The SMILES string of the molecule is [3H]OP1CCC2C3CC(C=O)c4cc(OC5CCCCO5)ccc4C3CC[C@@]21C. The molecule has 6 unspecified atom stereocenters. The first-order chi connectivity index (χ1) is 14.1. The highest BCUT2D eigenvalue weighted by Crippen LogP contribution is 2.68. The lowest BCUT2D eigenvalue weighted by Crippen LogP contribution is -2.43. The van der Waals surface area contributed by atoms with E-state index in [0.29, 0.717) is 17.8 Å². The van der Waals surface area contributed by atoms with Gasteiger partial charge in [0.25, 0.3) is 0 Å². The highest BCUT2D eigenvalue weighted by Gasteiger charge is 2.55. The normalized spacial score (nSPS) is 42.7. The van der Waals surface area contributed by atoms with Crippen LogP contribution in [0.25, 0.3) is 0 Å². The third kappa shape index (κ3) is 3.04. The second-order valence-corrected chi connectivity index (χ2v) is 11.6.